The largest absolute Gasteiger partial charge is 0.246 e. The van der Waals surface area contributed by atoms with Crippen molar-refractivity contribution < 1.29 is 0 Å². The van der Waals surface area contributed by atoms with Crippen LogP contribution >= 0.6 is 11.6 Å². The van der Waals surface area contributed by atoms with E-state index in [4.69, 9.17) is 16.6 Å². The van der Waals surface area contributed by atoms with Gasteiger partial charge in [-0.25, -0.2) is 9.97 Å². The third kappa shape index (κ3) is 3.11. The van der Waals surface area contributed by atoms with E-state index in [0.29, 0.717) is 5.15 Å². The first-order chi connectivity index (χ1) is 13.3. The van der Waals surface area contributed by atoms with Crippen molar-refractivity contribution in [2.75, 3.05) is 0 Å². The quantitative estimate of drug-likeness (QED) is 0.374. The lowest BCUT2D eigenvalue weighted by atomic mass is 9.80. The second-order valence-corrected chi connectivity index (χ2v) is 7.37. The molecule has 0 spiro atoms. The Kier molecular flexibility index (Phi) is 4.14. The molecular weight excluding hydrogens is 352 g/mol. The molecule has 0 bridgehead atoms. The fraction of sp³-hybridized carbons (Fsp3) is 0.125. The predicted molar refractivity (Wildman–Crippen MR) is 112 cm³/mol. The minimum Gasteiger partial charge on any atom is -0.246 e. The Hall–Kier alpha value is -2.71. The zero-order valence-corrected chi connectivity index (χ0v) is 15.6. The normalized spacial score (nSPS) is 14.3. The van der Waals surface area contributed by atoms with Gasteiger partial charge in [-0.15, -0.1) is 0 Å². The maximum Gasteiger partial charge on any atom is 0.129 e. The fourth-order valence-electron chi connectivity index (χ4n) is 3.61. The molecule has 0 saturated heterocycles. The Balaban J connectivity index is 1.68. The topological polar surface area (TPSA) is 25.8 Å². The van der Waals surface area contributed by atoms with Gasteiger partial charge in [-0.3, -0.25) is 0 Å². The summed E-state index contributed by atoms with van der Waals surface area (Å²) in [6, 6.07) is 23.2. The van der Waals surface area contributed by atoms with Gasteiger partial charge in [0.2, 0.25) is 0 Å². The molecule has 0 N–H and O–H groups in total. The first kappa shape index (κ1) is 16.5. The highest BCUT2D eigenvalue weighted by Crippen LogP contribution is 2.37. The average molecular weight is 370 g/mol. The summed E-state index contributed by atoms with van der Waals surface area (Å²) in [5, 5.41) is 1.48. The van der Waals surface area contributed by atoms with Gasteiger partial charge in [0.15, 0.2) is 0 Å². The molecule has 2 nitrogen and oxygen atoms in total. The fourth-order valence-corrected chi connectivity index (χ4v) is 3.78. The predicted octanol–water partition coefficient (Wildman–Crippen LogP) is 6.72. The molecule has 0 aliphatic heterocycles. The molecule has 2 heterocycles. The Morgan fingerprint density at radius 2 is 1.52 bits per heavy atom. The Labute approximate surface area is 163 Å². The van der Waals surface area contributed by atoms with Crippen molar-refractivity contribution in [3.8, 4) is 22.4 Å². The number of rotatable bonds is 3. The summed E-state index contributed by atoms with van der Waals surface area (Å²) in [5.41, 5.74) is 6.56. The Morgan fingerprint density at radius 1 is 0.778 bits per heavy atom. The van der Waals surface area contributed by atoms with Gasteiger partial charge in [0, 0.05) is 22.4 Å². The number of hydrogen-bond acceptors (Lipinski definition) is 2. The SMILES string of the molecule is Clc1cc2cc(-c3ccccc3)c(-c3ccc([C]4CCC4)cc3)nc2cn1. The molecule has 0 atom stereocenters. The van der Waals surface area contributed by atoms with E-state index in [1.807, 2.05) is 12.1 Å². The molecule has 4 aromatic rings. The Morgan fingerprint density at radius 3 is 2.22 bits per heavy atom. The lowest BCUT2D eigenvalue weighted by Crippen LogP contribution is -2.09. The lowest BCUT2D eigenvalue weighted by Gasteiger charge is -2.25. The second kappa shape index (κ2) is 6.79. The van der Waals surface area contributed by atoms with Crippen molar-refractivity contribution >= 4 is 22.5 Å². The number of hydrogen-bond donors (Lipinski definition) is 0. The third-order valence-electron chi connectivity index (χ3n) is 5.28. The summed E-state index contributed by atoms with van der Waals surface area (Å²) >= 11 is 6.10. The standard InChI is InChI=1S/C24H18ClN2/c25-23-14-20-13-21(18-5-2-1-3-6-18)24(27-22(20)15-26-23)19-11-9-17(10-12-19)16-7-4-8-16/h1-3,5-6,9-15H,4,7-8H2. The van der Waals surface area contributed by atoms with Crippen molar-refractivity contribution in [2.24, 2.45) is 0 Å². The minimum absolute atomic E-state index is 0.484. The zero-order valence-electron chi connectivity index (χ0n) is 14.8. The van der Waals surface area contributed by atoms with Gasteiger partial charge < -0.3 is 0 Å². The number of halogens is 1. The minimum atomic E-state index is 0.484. The van der Waals surface area contributed by atoms with E-state index < -0.39 is 0 Å². The van der Waals surface area contributed by atoms with E-state index in [1.54, 1.807) is 12.1 Å². The zero-order chi connectivity index (χ0) is 18.2. The van der Waals surface area contributed by atoms with E-state index in [2.05, 4.69) is 59.6 Å². The van der Waals surface area contributed by atoms with Gasteiger partial charge in [0.25, 0.3) is 0 Å². The lowest BCUT2D eigenvalue weighted by molar-refractivity contribution is 0.577. The maximum absolute atomic E-state index is 6.10. The Bertz CT molecular complexity index is 1100. The van der Waals surface area contributed by atoms with Crippen molar-refractivity contribution in [3.63, 3.8) is 0 Å². The van der Waals surface area contributed by atoms with Gasteiger partial charge in [-0.05, 0) is 36.1 Å². The smallest absolute Gasteiger partial charge is 0.129 e. The number of benzene rings is 2. The molecule has 1 fully saturated rings. The molecular formula is C24H18ClN2. The maximum atomic E-state index is 6.10. The van der Waals surface area contributed by atoms with Gasteiger partial charge >= 0.3 is 0 Å². The van der Waals surface area contributed by atoms with E-state index in [0.717, 1.165) is 33.3 Å². The van der Waals surface area contributed by atoms with Crippen LogP contribution in [0.15, 0.2) is 72.9 Å². The second-order valence-electron chi connectivity index (χ2n) is 6.98. The summed E-state index contributed by atoms with van der Waals surface area (Å²) in [4.78, 5) is 9.14. The van der Waals surface area contributed by atoms with Crippen LogP contribution in [0.3, 0.4) is 0 Å². The summed E-state index contributed by atoms with van der Waals surface area (Å²) in [5.74, 6) is 1.56. The average Bonchev–Trinajstić information content (AvgIpc) is 2.67. The first-order valence-electron chi connectivity index (χ1n) is 9.25. The summed E-state index contributed by atoms with van der Waals surface area (Å²) in [6.07, 6.45) is 5.52. The summed E-state index contributed by atoms with van der Waals surface area (Å²) in [6.45, 7) is 0. The number of aromatic nitrogens is 2. The van der Waals surface area contributed by atoms with Crippen molar-refractivity contribution in [1.29, 1.82) is 0 Å². The van der Waals surface area contributed by atoms with Crippen LogP contribution in [0, 0.1) is 5.92 Å². The number of fused-ring (bicyclic) bond motifs is 1. The first-order valence-corrected chi connectivity index (χ1v) is 9.63. The molecule has 0 unspecified atom stereocenters. The van der Waals surface area contributed by atoms with Crippen molar-refractivity contribution in [2.45, 2.75) is 19.3 Å². The molecule has 5 rings (SSSR count). The van der Waals surface area contributed by atoms with Gasteiger partial charge in [-0.2, -0.15) is 0 Å². The van der Waals surface area contributed by atoms with Crippen LogP contribution in [0.5, 0.6) is 0 Å². The van der Waals surface area contributed by atoms with Crippen molar-refractivity contribution in [3.05, 3.63) is 89.6 Å². The van der Waals surface area contributed by atoms with Gasteiger partial charge in [0.1, 0.15) is 5.15 Å². The highest BCUT2D eigenvalue weighted by Gasteiger charge is 2.20. The molecule has 1 saturated carbocycles. The van der Waals surface area contributed by atoms with E-state index in [9.17, 15) is 0 Å². The van der Waals surface area contributed by atoms with Crippen LogP contribution in [0.4, 0.5) is 0 Å². The van der Waals surface area contributed by atoms with Crippen LogP contribution in [0.1, 0.15) is 24.8 Å². The molecule has 2 aromatic carbocycles. The van der Waals surface area contributed by atoms with E-state index >= 15 is 0 Å². The van der Waals surface area contributed by atoms with Crippen molar-refractivity contribution in [1.82, 2.24) is 9.97 Å². The van der Waals surface area contributed by atoms with Crippen LogP contribution < -0.4 is 0 Å². The van der Waals surface area contributed by atoms with E-state index in [1.165, 1.54) is 24.8 Å². The third-order valence-corrected chi connectivity index (χ3v) is 5.48. The molecule has 0 amide bonds. The molecule has 1 aliphatic carbocycles. The van der Waals surface area contributed by atoms with E-state index in [-0.39, 0.29) is 0 Å². The van der Waals surface area contributed by atoms with Gasteiger partial charge in [-0.1, -0.05) is 72.6 Å². The molecule has 3 heteroatoms. The number of pyridine rings is 2. The molecule has 1 aliphatic rings. The highest BCUT2D eigenvalue weighted by molar-refractivity contribution is 6.30. The highest BCUT2D eigenvalue weighted by atomic mass is 35.5. The van der Waals surface area contributed by atoms with Crippen LogP contribution in [0.2, 0.25) is 5.15 Å². The van der Waals surface area contributed by atoms with Crippen LogP contribution in [-0.2, 0) is 0 Å². The summed E-state index contributed by atoms with van der Waals surface area (Å²) in [7, 11) is 0. The number of nitrogens with zero attached hydrogens (tertiary/aromatic N) is 2. The van der Waals surface area contributed by atoms with Gasteiger partial charge in [0.05, 0.1) is 17.4 Å². The molecule has 1 radical (unpaired) electrons. The summed E-state index contributed by atoms with van der Waals surface area (Å²) < 4.78 is 0. The van der Waals surface area contributed by atoms with Crippen LogP contribution in [-0.4, -0.2) is 9.97 Å². The van der Waals surface area contributed by atoms with Crippen LogP contribution in [0.25, 0.3) is 33.3 Å². The molecule has 27 heavy (non-hydrogen) atoms. The molecule has 131 valence electrons. The molecule has 2 aromatic heterocycles. The monoisotopic (exact) mass is 369 g/mol.